The number of thioether (sulfide) groups is 1. The van der Waals surface area contributed by atoms with Crippen molar-refractivity contribution < 1.29 is 19.5 Å². The zero-order valence-corrected chi connectivity index (χ0v) is 22.1. The van der Waals surface area contributed by atoms with E-state index in [4.69, 9.17) is 5.73 Å². The van der Waals surface area contributed by atoms with Crippen LogP contribution in [0.1, 0.15) is 38.3 Å². The first-order chi connectivity index (χ1) is 16.0. The molecule has 4 atom stereocenters. The summed E-state index contributed by atoms with van der Waals surface area (Å²) in [7, 11) is 0. The monoisotopic (exact) mass is 510 g/mol. The number of fused-ring (bicyclic) bond motifs is 1. The highest BCUT2D eigenvalue weighted by Crippen LogP contribution is 2.28. The summed E-state index contributed by atoms with van der Waals surface area (Å²) in [6, 6.07) is 5.13. The van der Waals surface area contributed by atoms with Gasteiger partial charge in [0.2, 0.25) is 11.8 Å². The largest absolute Gasteiger partial charge is 0.480 e. The first kappa shape index (κ1) is 28.5. The fraction of sp³-hybridized carbons (Fsp3) is 0.625. The Labute approximate surface area is 212 Å². The lowest BCUT2D eigenvalue weighted by molar-refractivity contribution is -0.147. The van der Waals surface area contributed by atoms with Gasteiger partial charge in [-0.3, -0.25) is 9.59 Å². The average molecular weight is 511 g/mol. The van der Waals surface area contributed by atoms with Crippen molar-refractivity contribution in [2.45, 2.75) is 64.3 Å². The van der Waals surface area contributed by atoms with E-state index in [9.17, 15) is 19.5 Å². The molecule has 0 aromatic heterocycles. The first-order valence-corrected chi connectivity index (χ1v) is 13.5. The Balaban J connectivity index is 2.35. The minimum Gasteiger partial charge on any atom is -0.480 e. The van der Waals surface area contributed by atoms with Gasteiger partial charge in [-0.25, -0.2) is 4.79 Å². The lowest BCUT2D eigenvalue weighted by Crippen LogP contribution is -2.61. The number of carbonyl (C=O) groups excluding carboxylic acids is 2. The second kappa shape index (κ2) is 12.8. The molecule has 190 valence electrons. The molecule has 1 aromatic carbocycles. The van der Waals surface area contributed by atoms with Gasteiger partial charge in [0.1, 0.15) is 12.1 Å². The van der Waals surface area contributed by atoms with Gasteiger partial charge in [0.25, 0.3) is 0 Å². The van der Waals surface area contributed by atoms with Gasteiger partial charge < -0.3 is 26.4 Å². The quantitative estimate of drug-likeness (QED) is 0.286. The van der Waals surface area contributed by atoms with E-state index >= 15 is 0 Å². The Hall–Kier alpha value is -1.75. The summed E-state index contributed by atoms with van der Waals surface area (Å²) in [5, 5.41) is 15.5. The van der Waals surface area contributed by atoms with Crippen LogP contribution in [0, 0.1) is 5.41 Å². The Morgan fingerprint density at radius 3 is 2.47 bits per heavy atom. The normalized spacial score (nSPS) is 18.5. The number of nitrogens with one attached hydrogen (secondary N) is 2. The zero-order valence-electron chi connectivity index (χ0n) is 20.4. The van der Waals surface area contributed by atoms with Crippen LogP contribution in [0.3, 0.4) is 0 Å². The number of carboxylic acid groups (broad SMARTS) is 1. The van der Waals surface area contributed by atoms with Gasteiger partial charge in [0.15, 0.2) is 0 Å². The lowest BCUT2D eigenvalue weighted by Gasteiger charge is -2.41. The maximum Gasteiger partial charge on any atom is 0.326 e. The number of nitrogens with zero attached hydrogens (tertiary/aromatic N) is 1. The molecule has 0 bridgehead atoms. The van der Waals surface area contributed by atoms with Gasteiger partial charge in [-0.15, -0.1) is 0 Å². The van der Waals surface area contributed by atoms with Crippen LogP contribution in [-0.4, -0.2) is 76.3 Å². The third-order valence-corrected chi connectivity index (χ3v) is 7.10. The highest BCUT2D eigenvalue weighted by molar-refractivity contribution is 7.98. The van der Waals surface area contributed by atoms with E-state index in [0.29, 0.717) is 30.9 Å². The minimum absolute atomic E-state index is 0.204. The lowest BCUT2D eigenvalue weighted by atomic mass is 9.84. The van der Waals surface area contributed by atoms with Gasteiger partial charge in [-0.05, 0) is 35.0 Å². The van der Waals surface area contributed by atoms with E-state index in [1.807, 2.05) is 51.3 Å². The van der Waals surface area contributed by atoms with E-state index < -0.39 is 35.4 Å². The van der Waals surface area contributed by atoms with E-state index in [-0.39, 0.29) is 18.5 Å². The van der Waals surface area contributed by atoms with Crippen molar-refractivity contribution in [3.8, 4) is 0 Å². The van der Waals surface area contributed by atoms with Crippen LogP contribution in [-0.2, 0) is 27.3 Å². The maximum atomic E-state index is 13.9. The number of nitrogens with two attached hydrogens (primary N) is 1. The van der Waals surface area contributed by atoms with E-state index in [2.05, 4.69) is 23.3 Å². The smallest absolute Gasteiger partial charge is 0.326 e. The topological polar surface area (TPSA) is 125 Å². The van der Waals surface area contributed by atoms with Crippen LogP contribution in [0.2, 0.25) is 0 Å². The molecular weight excluding hydrogens is 472 g/mol. The summed E-state index contributed by atoms with van der Waals surface area (Å²) in [5.41, 5.74) is 7.55. The number of rotatable bonds is 11. The van der Waals surface area contributed by atoms with Gasteiger partial charge in [0.05, 0.1) is 6.04 Å². The number of hydrogen-bond acceptors (Lipinski definition) is 7. The molecule has 1 aliphatic rings. The highest BCUT2D eigenvalue weighted by Gasteiger charge is 2.41. The Kier molecular flexibility index (Phi) is 10.7. The summed E-state index contributed by atoms with van der Waals surface area (Å²) in [5.74, 6) is -0.645. The third kappa shape index (κ3) is 7.63. The standard InChI is InChI=1S/C24H38N4O4S2/c1-24(2,3)20(26-12-17(25)14-33)22(30)28-13-16-8-6-5-7-15(16)11-19(28)21(29)27-18(23(31)32)9-10-34-4/h5-8,17-20,26,33H,9-14,25H2,1-4H3,(H,27,29)(H,31,32)/t17-,18-,19+,20-/m1/s1. The molecule has 0 unspecified atom stereocenters. The van der Waals surface area contributed by atoms with Crippen molar-refractivity contribution in [1.82, 2.24) is 15.5 Å². The maximum absolute atomic E-state index is 13.9. The van der Waals surface area contributed by atoms with Crippen LogP contribution in [0.25, 0.3) is 0 Å². The van der Waals surface area contributed by atoms with Crippen LogP contribution < -0.4 is 16.4 Å². The molecule has 2 amide bonds. The predicted molar refractivity (Wildman–Crippen MR) is 140 cm³/mol. The second-order valence-corrected chi connectivity index (χ2v) is 11.1. The first-order valence-electron chi connectivity index (χ1n) is 11.5. The van der Waals surface area contributed by atoms with E-state index in [0.717, 1.165) is 11.1 Å². The Morgan fingerprint density at radius 1 is 1.26 bits per heavy atom. The molecule has 0 saturated heterocycles. The van der Waals surface area contributed by atoms with Gasteiger partial charge in [-0.2, -0.15) is 24.4 Å². The summed E-state index contributed by atoms with van der Waals surface area (Å²) in [4.78, 5) is 40.5. The van der Waals surface area contributed by atoms with Crippen molar-refractivity contribution >= 4 is 42.2 Å². The minimum atomic E-state index is -1.08. The van der Waals surface area contributed by atoms with Crippen molar-refractivity contribution in [3.63, 3.8) is 0 Å². The molecule has 1 aliphatic heterocycles. The van der Waals surface area contributed by atoms with Gasteiger partial charge in [-0.1, -0.05) is 45.0 Å². The summed E-state index contributed by atoms with van der Waals surface area (Å²) in [6.07, 6.45) is 2.53. The predicted octanol–water partition coefficient (Wildman–Crippen LogP) is 1.52. The molecule has 1 heterocycles. The zero-order chi connectivity index (χ0) is 25.5. The van der Waals surface area contributed by atoms with Crippen molar-refractivity contribution in [2.24, 2.45) is 11.1 Å². The molecule has 2 rings (SSSR count). The van der Waals surface area contributed by atoms with Crippen molar-refractivity contribution in [1.29, 1.82) is 0 Å². The summed E-state index contributed by atoms with van der Waals surface area (Å²) in [6.45, 7) is 6.58. The van der Waals surface area contributed by atoms with E-state index in [1.165, 1.54) is 11.8 Å². The molecule has 0 fully saturated rings. The number of aliphatic carboxylic acids is 1. The molecule has 1 aromatic rings. The van der Waals surface area contributed by atoms with Crippen LogP contribution in [0.4, 0.5) is 0 Å². The van der Waals surface area contributed by atoms with Gasteiger partial charge in [0, 0.05) is 31.3 Å². The number of amides is 2. The fourth-order valence-electron chi connectivity index (χ4n) is 4.01. The summed E-state index contributed by atoms with van der Waals surface area (Å²) >= 11 is 5.75. The molecule has 0 spiro atoms. The van der Waals surface area contributed by atoms with Crippen LogP contribution >= 0.6 is 24.4 Å². The highest BCUT2D eigenvalue weighted by atomic mass is 32.2. The van der Waals surface area contributed by atoms with Crippen LogP contribution in [0.15, 0.2) is 24.3 Å². The Morgan fingerprint density at radius 2 is 1.91 bits per heavy atom. The molecule has 0 radical (unpaired) electrons. The molecular formula is C24H38N4O4S2. The molecule has 34 heavy (non-hydrogen) atoms. The Bertz CT molecular complexity index is 862. The second-order valence-electron chi connectivity index (χ2n) is 9.79. The SMILES string of the molecule is CSCC[C@@H](NC(=O)[C@@H]1Cc2ccccc2CN1C(=O)[C@@H](NC[C@@H](N)CS)C(C)(C)C)C(=O)O. The molecule has 10 heteroatoms. The van der Waals surface area contributed by atoms with Crippen molar-refractivity contribution in [2.75, 3.05) is 24.3 Å². The number of carbonyl (C=O) groups is 3. The molecule has 5 N–H and O–H groups in total. The van der Waals surface area contributed by atoms with Crippen molar-refractivity contribution in [3.05, 3.63) is 35.4 Å². The summed E-state index contributed by atoms with van der Waals surface area (Å²) < 4.78 is 0. The molecule has 0 aliphatic carbocycles. The number of thiol groups is 1. The molecule has 0 saturated carbocycles. The van der Waals surface area contributed by atoms with Gasteiger partial charge >= 0.3 is 5.97 Å². The van der Waals surface area contributed by atoms with E-state index in [1.54, 1.807) is 4.90 Å². The number of carboxylic acids is 1. The molecule has 8 nitrogen and oxygen atoms in total. The fourth-order valence-corrected chi connectivity index (χ4v) is 4.61. The van der Waals surface area contributed by atoms with Crippen LogP contribution in [0.5, 0.6) is 0 Å². The average Bonchev–Trinajstić information content (AvgIpc) is 2.79. The third-order valence-electron chi connectivity index (χ3n) is 5.99. The number of benzene rings is 1. The number of hydrogen-bond donors (Lipinski definition) is 5.